The summed E-state index contributed by atoms with van der Waals surface area (Å²) in [6.07, 6.45) is 4.01. The molecule has 1 unspecified atom stereocenters. The number of carbonyl (C=O) groups is 1. The summed E-state index contributed by atoms with van der Waals surface area (Å²) in [5.74, 6) is 0.419. The van der Waals surface area contributed by atoms with Gasteiger partial charge in [0.15, 0.2) is 0 Å². The van der Waals surface area contributed by atoms with Crippen molar-refractivity contribution in [2.75, 3.05) is 44.7 Å². The first-order valence-electron chi connectivity index (χ1n) is 7.86. The zero-order valence-electron chi connectivity index (χ0n) is 13.3. The summed E-state index contributed by atoms with van der Waals surface area (Å²) < 4.78 is 5.31. The summed E-state index contributed by atoms with van der Waals surface area (Å²) in [4.78, 5) is 22.6. The van der Waals surface area contributed by atoms with E-state index < -0.39 is 0 Å². The van der Waals surface area contributed by atoms with Crippen molar-refractivity contribution in [2.45, 2.75) is 26.3 Å². The van der Waals surface area contributed by atoms with Crippen molar-refractivity contribution in [2.24, 2.45) is 0 Å². The summed E-state index contributed by atoms with van der Waals surface area (Å²) >= 11 is 0. The molecule has 1 saturated heterocycles. The van der Waals surface area contributed by atoms with Crippen LogP contribution in [0.25, 0.3) is 0 Å². The van der Waals surface area contributed by atoms with Crippen LogP contribution in [0.4, 0.5) is 5.95 Å². The van der Waals surface area contributed by atoms with Gasteiger partial charge in [0.25, 0.3) is 5.91 Å². The van der Waals surface area contributed by atoms with Gasteiger partial charge in [-0.3, -0.25) is 9.69 Å². The van der Waals surface area contributed by atoms with Crippen LogP contribution in [0.15, 0.2) is 12.4 Å². The molecule has 2 heterocycles. The molecule has 1 aliphatic heterocycles. The molecule has 0 aliphatic carbocycles. The lowest BCUT2D eigenvalue weighted by atomic mass is 10.2. The third-order valence-electron chi connectivity index (χ3n) is 3.72. The number of rotatable bonds is 7. The maximum absolute atomic E-state index is 11.9. The Morgan fingerprint density at radius 3 is 2.68 bits per heavy atom. The van der Waals surface area contributed by atoms with Crippen LogP contribution < -0.4 is 10.6 Å². The summed E-state index contributed by atoms with van der Waals surface area (Å²) in [7, 11) is 0. The number of hydrogen-bond acceptors (Lipinski definition) is 6. The highest BCUT2D eigenvalue weighted by molar-refractivity contribution is 5.93. The average molecular weight is 307 g/mol. The molecule has 7 heteroatoms. The van der Waals surface area contributed by atoms with Gasteiger partial charge < -0.3 is 15.4 Å². The highest BCUT2D eigenvalue weighted by atomic mass is 16.5. The standard InChI is InChI=1S/C15H25N5O2/c1-3-12(2)19-14(21)13-10-17-15(18-11-13)16-4-5-20-6-8-22-9-7-20/h10-12H,3-9H2,1-2H3,(H,19,21)(H,16,17,18). The second-order valence-electron chi connectivity index (χ2n) is 5.46. The molecule has 2 rings (SSSR count). The minimum absolute atomic E-state index is 0.130. The number of aromatic nitrogens is 2. The van der Waals surface area contributed by atoms with Gasteiger partial charge >= 0.3 is 0 Å². The molecule has 7 nitrogen and oxygen atoms in total. The molecule has 1 fully saturated rings. The van der Waals surface area contributed by atoms with Crippen molar-refractivity contribution in [3.8, 4) is 0 Å². The zero-order chi connectivity index (χ0) is 15.8. The lowest BCUT2D eigenvalue weighted by Gasteiger charge is -2.26. The van der Waals surface area contributed by atoms with Crippen LogP contribution in [0, 0.1) is 0 Å². The smallest absolute Gasteiger partial charge is 0.254 e. The van der Waals surface area contributed by atoms with E-state index in [1.165, 1.54) is 0 Å². The molecule has 0 spiro atoms. The normalized spacial score (nSPS) is 17.0. The highest BCUT2D eigenvalue weighted by Gasteiger charge is 2.11. The molecule has 0 saturated carbocycles. The molecular weight excluding hydrogens is 282 g/mol. The van der Waals surface area contributed by atoms with Crippen LogP contribution in [-0.2, 0) is 4.74 Å². The van der Waals surface area contributed by atoms with Crippen molar-refractivity contribution in [3.05, 3.63) is 18.0 Å². The van der Waals surface area contributed by atoms with E-state index in [0.717, 1.165) is 45.8 Å². The molecule has 1 aromatic rings. The Hall–Kier alpha value is -1.73. The van der Waals surface area contributed by atoms with E-state index in [-0.39, 0.29) is 11.9 Å². The van der Waals surface area contributed by atoms with Gasteiger partial charge in [0, 0.05) is 44.6 Å². The summed E-state index contributed by atoms with van der Waals surface area (Å²) in [6.45, 7) is 9.26. The Kier molecular flexibility index (Phi) is 6.54. The minimum Gasteiger partial charge on any atom is -0.379 e. The molecule has 1 amide bonds. The van der Waals surface area contributed by atoms with Crippen molar-refractivity contribution in [1.82, 2.24) is 20.2 Å². The topological polar surface area (TPSA) is 79.4 Å². The van der Waals surface area contributed by atoms with E-state index in [2.05, 4.69) is 25.5 Å². The lowest BCUT2D eigenvalue weighted by Crippen LogP contribution is -2.39. The molecule has 1 aliphatic rings. The number of morpholine rings is 1. The first-order valence-corrected chi connectivity index (χ1v) is 7.86. The van der Waals surface area contributed by atoms with E-state index in [9.17, 15) is 4.79 Å². The Balaban J connectivity index is 1.75. The fourth-order valence-corrected chi connectivity index (χ4v) is 2.10. The third kappa shape index (κ3) is 5.23. The third-order valence-corrected chi connectivity index (χ3v) is 3.72. The quantitative estimate of drug-likeness (QED) is 0.774. The number of nitrogens with zero attached hydrogens (tertiary/aromatic N) is 3. The first-order chi connectivity index (χ1) is 10.7. The monoisotopic (exact) mass is 307 g/mol. The molecule has 0 aromatic carbocycles. The fourth-order valence-electron chi connectivity index (χ4n) is 2.10. The van der Waals surface area contributed by atoms with Crippen molar-refractivity contribution in [3.63, 3.8) is 0 Å². The van der Waals surface area contributed by atoms with Crippen LogP contribution in [0.5, 0.6) is 0 Å². The maximum Gasteiger partial charge on any atom is 0.254 e. The minimum atomic E-state index is -0.130. The van der Waals surface area contributed by atoms with Gasteiger partial charge in [0.05, 0.1) is 18.8 Å². The van der Waals surface area contributed by atoms with Crippen molar-refractivity contribution >= 4 is 11.9 Å². The molecule has 1 aromatic heterocycles. The van der Waals surface area contributed by atoms with Crippen LogP contribution >= 0.6 is 0 Å². The summed E-state index contributed by atoms with van der Waals surface area (Å²) in [6, 6.07) is 0.152. The zero-order valence-corrected chi connectivity index (χ0v) is 13.3. The lowest BCUT2D eigenvalue weighted by molar-refractivity contribution is 0.0398. The van der Waals surface area contributed by atoms with Gasteiger partial charge in [-0.1, -0.05) is 6.92 Å². The van der Waals surface area contributed by atoms with Crippen LogP contribution in [0.3, 0.4) is 0 Å². The average Bonchev–Trinajstić information content (AvgIpc) is 2.56. The molecule has 22 heavy (non-hydrogen) atoms. The molecule has 1 atom stereocenters. The number of hydrogen-bond donors (Lipinski definition) is 2. The Morgan fingerprint density at radius 1 is 1.36 bits per heavy atom. The molecule has 122 valence electrons. The summed E-state index contributed by atoms with van der Waals surface area (Å²) in [5.41, 5.74) is 0.485. The van der Waals surface area contributed by atoms with Crippen molar-refractivity contribution in [1.29, 1.82) is 0 Å². The molecule has 0 radical (unpaired) electrons. The van der Waals surface area contributed by atoms with Gasteiger partial charge in [0.2, 0.25) is 5.95 Å². The molecule has 0 bridgehead atoms. The number of amides is 1. The van der Waals surface area contributed by atoms with E-state index in [4.69, 9.17) is 4.74 Å². The van der Waals surface area contributed by atoms with Gasteiger partial charge in [0.1, 0.15) is 0 Å². The second-order valence-corrected chi connectivity index (χ2v) is 5.46. The number of nitrogens with one attached hydrogen (secondary N) is 2. The predicted octanol–water partition coefficient (Wildman–Crippen LogP) is 0.749. The largest absolute Gasteiger partial charge is 0.379 e. The number of anilines is 1. The van der Waals surface area contributed by atoms with Gasteiger partial charge in [-0.15, -0.1) is 0 Å². The van der Waals surface area contributed by atoms with E-state index in [1.54, 1.807) is 12.4 Å². The molecule has 2 N–H and O–H groups in total. The van der Waals surface area contributed by atoms with Gasteiger partial charge in [-0.25, -0.2) is 9.97 Å². The predicted molar refractivity (Wildman–Crippen MR) is 85.0 cm³/mol. The summed E-state index contributed by atoms with van der Waals surface area (Å²) in [5, 5.41) is 6.07. The Morgan fingerprint density at radius 2 is 2.05 bits per heavy atom. The number of ether oxygens (including phenoxy) is 1. The van der Waals surface area contributed by atoms with Crippen LogP contribution in [0.2, 0.25) is 0 Å². The Labute approximate surface area is 131 Å². The Bertz CT molecular complexity index is 460. The van der Waals surface area contributed by atoms with Crippen LogP contribution in [0.1, 0.15) is 30.6 Å². The highest BCUT2D eigenvalue weighted by Crippen LogP contribution is 2.02. The molecular formula is C15H25N5O2. The van der Waals surface area contributed by atoms with E-state index in [1.807, 2.05) is 13.8 Å². The first kappa shape index (κ1) is 16.6. The van der Waals surface area contributed by atoms with Gasteiger partial charge in [-0.05, 0) is 13.3 Å². The van der Waals surface area contributed by atoms with Crippen LogP contribution in [-0.4, -0.2) is 66.2 Å². The van der Waals surface area contributed by atoms with Gasteiger partial charge in [-0.2, -0.15) is 0 Å². The van der Waals surface area contributed by atoms with E-state index in [0.29, 0.717) is 11.5 Å². The fraction of sp³-hybridized carbons (Fsp3) is 0.667. The maximum atomic E-state index is 11.9. The number of carbonyl (C=O) groups excluding carboxylic acids is 1. The SMILES string of the molecule is CCC(C)NC(=O)c1cnc(NCCN2CCOCC2)nc1. The van der Waals surface area contributed by atoms with E-state index >= 15 is 0 Å². The van der Waals surface area contributed by atoms with Crippen molar-refractivity contribution < 1.29 is 9.53 Å². The second kappa shape index (κ2) is 8.65.